The smallest absolute Gasteiger partial charge is 0.232 e. The van der Waals surface area contributed by atoms with Crippen molar-refractivity contribution in [2.24, 2.45) is 0 Å². The molecule has 0 unspecified atom stereocenters. The van der Waals surface area contributed by atoms with Gasteiger partial charge in [0, 0.05) is 6.54 Å². The number of methoxy groups -OCH3 is 1. The van der Waals surface area contributed by atoms with E-state index in [4.69, 9.17) is 4.74 Å². The molecule has 17 heavy (non-hydrogen) atoms. The average Bonchev–Trinajstić information content (AvgIpc) is 2.76. The maximum atomic E-state index is 10.2. The van der Waals surface area contributed by atoms with E-state index in [2.05, 4.69) is 31.2 Å². The van der Waals surface area contributed by atoms with Gasteiger partial charge in [0.05, 0.1) is 23.4 Å². The van der Waals surface area contributed by atoms with Crippen LogP contribution in [0.1, 0.15) is 25.7 Å². The van der Waals surface area contributed by atoms with Crippen molar-refractivity contribution >= 4 is 21.9 Å². The van der Waals surface area contributed by atoms with Crippen molar-refractivity contribution in [2.45, 2.75) is 31.3 Å². The van der Waals surface area contributed by atoms with Crippen LogP contribution in [0, 0.1) is 0 Å². The van der Waals surface area contributed by atoms with Crippen molar-refractivity contribution in [1.29, 1.82) is 0 Å². The van der Waals surface area contributed by atoms with E-state index in [-0.39, 0.29) is 0 Å². The monoisotopic (exact) mass is 301 g/mol. The predicted octanol–water partition coefficient (Wildman–Crippen LogP) is 1.96. The highest BCUT2D eigenvalue weighted by Crippen LogP contribution is 2.29. The first-order valence-electron chi connectivity index (χ1n) is 5.66. The minimum Gasteiger partial charge on any atom is -0.480 e. The number of aromatic nitrogens is 2. The maximum Gasteiger partial charge on any atom is 0.232 e. The number of nitrogens with zero attached hydrogens (tertiary/aromatic N) is 2. The van der Waals surface area contributed by atoms with Crippen LogP contribution in [0.4, 0.5) is 5.95 Å². The van der Waals surface area contributed by atoms with E-state index < -0.39 is 5.60 Å². The van der Waals surface area contributed by atoms with E-state index in [1.165, 1.54) is 0 Å². The van der Waals surface area contributed by atoms with Gasteiger partial charge in [-0.3, -0.25) is 0 Å². The minimum atomic E-state index is -0.607. The molecule has 2 rings (SSSR count). The summed E-state index contributed by atoms with van der Waals surface area (Å²) < 4.78 is 5.80. The molecule has 1 aliphatic carbocycles. The third-order valence-electron chi connectivity index (χ3n) is 3.02. The molecule has 1 fully saturated rings. The minimum absolute atomic E-state index is 0.477. The van der Waals surface area contributed by atoms with Crippen LogP contribution >= 0.6 is 15.9 Å². The highest BCUT2D eigenvalue weighted by molar-refractivity contribution is 9.10. The first kappa shape index (κ1) is 12.6. The fraction of sp³-hybridized carbons (Fsp3) is 0.636. The molecule has 0 bridgehead atoms. The highest BCUT2D eigenvalue weighted by atomic mass is 79.9. The van der Waals surface area contributed by atoms with E-state index >= 15 is 0 Å². The Kier molecular flexibility index (Phi) is 3.83. The summed E-state index contributed by atoms with van der Waals surface area (Å²) in [5.74, 6) is 0.964. The number of rotatable bonds is 4. The second kappa shape index (κ2) is 5.18. The van der Waals surface area contributed by atoms with Gasteiger partial charge in [-0.25, -0.2) is 4.98 Å². The molecule has 0 spiro atoms. The van der Waals surface area contributed by atoms with Gasteiger partial charge >= 0.3 is 0 Å². The van der Waals surface area contributed by atoms with E-state index in [0.29, 0.717) is 22.8 Å². The molecule has 0 aromatic carbocycles. The molecule has 94 valence electrons. The van der Waals surface area contributed by atoms with Gasteiger partial charge in [-0.1, -0.05) is 12.8 Å². The van der Waals surface area contributed by atoms with Crippen molar-refractivity contribution in [3.63, 3.8) is 0 Å². The lowest BCUT2D eigenvalue weighted by Gasteiger charge is -2.22. The quantitative estimate of drug-likeness (QED) is 0.890. The maximum absolute atomic E-state index is 10.2. The summed E-state index contributed by atoms with van der Waals surface area (Å²) in [4.78, 5) is 8.30. The van der Waals surface area contributed by atoms with E-state index in [1.807, 2.05) is 0 Å². The molecule has 1 aliphatic rings. The molecule has 0 atom stereocenters. The van der Waals surface area contributed by atoms with Gasteiger partial charge in [0.15, 0.2) is 0 Å². The molecule has 0 amide bonds. The molecule has 1 aromatic rings. The first-order valence-corrected chi connectivity index (χ1v) is 6.45. The molecule has 6 heteroatoms. The van der Waals surface area contributed by atoms with Gasteiger partial charge in [-0.05, 0) is 28.8 Å². The third kappa shape index (κ3) is 3.07. The number of aliphatic hydroxyl groups is 1. The lowest BCUT2D eigenvalue weighted by molar-refractivity contribution is 0.0613. The summed E-state index contributed by atoms with van der Waals surface area (Å²) in [5.41, 5.74) is -0.607. The Bertz CT molecular complexity index is 394. The van der Waals surface area contributed by atoms with Gasteiger partial charge in [0.25, 0.3) is 0 Å². The Balaban J connectivity index is 1.99. The molecule has 0 aliphatic heterocycles. The van der Waals surface area contributed by atoms with E-state index in [1.54, 1.807) is 13.3 Å². The Morgan fingerprint density at radius 1 is 1.53 bits per heavy atom. The zero-order valence-electron chi connectivity index (χ0n) is 9.74. The molecular weight excluding hydrogens is 286 g/mol. The third-order valence-corrected chi connectivity index (χ3v) is 3.56. The molecule has 0 saturated heterocycles. The number of nitrogens with one attached hydrogen (secondary N) is 1. The second-order valence-corrected chi connectivity index (χ2v) is 5.19. The first-order chi connectivity index (χ1) is 8.13. The summed E-state index contributed by atoms with van der Waals surface area (Å²) >= 11 is 3.29. The summed E-state index contributed by atoms with van der Waals surface area (Å²) in [6.07, 6.45) is 5.49. The Morgan fingerprint density at radius 3 is 2.88 bits per heavy atom. The second-order valence-electron chi connectivity index (χ2n) is 4.34. The average molecular weight is 302 g/mol. The van der Waals surface area contributed by atoms with Crippen molar-refractivity contribution in [3.05, 3.63) is 10.7 Å². The van der Waals surface area contributed by atoms with E-state index in [0.717, 1.165) is 25.7 Å². The summed E-state index contributed by atoms with van der Waals surface area (Å²) in [6.45, 7) is 0.484. The van der Waals surface area contributed by atoms with Gasteiger partial charge in [0.2, 0.25) is 11.8 Å². The normalized spacial score (nSPS) is 18.1. The lowest BCUT2D eigenvalue weighted by Crippen LogP contribution is -2.33. The van der Waals surface area contributed by atoms with Crippen molar-refractivity contribution in [2.75, 3.05) is 19.0 Å². The SMILES string of the molecule is COc1nc(NCC2(O)CCCC2)ncc1Br. The van der Waals surface area contributed by atoms with Crippen LogP contribution < -0.4 is 10.1 Å². The van der Waals surface area contributed by atoms with Gasteiger partial charge in [-0.2, -0.15) is 4.98 Å². The number of anilines is 1. The zero-order chi connectivity index (χ0) is 12.3. The van der Waals surface area contributed by atoms with Crippen molar-refractivity contribution < 1.29 is 9.84 Å². The molecule has 0 radical (unpaired) electrons. The Labute approximate surface area is 109 Å². The fourth-order valence-electron chi connectivity index (χ4n) is 2.03. The largest absolute Gasteiger partial charge is 0.480 e. The topological polar surface area (TPSA) is 67.3 Å². The Hall–Kier alpha value is -0.880. The molecule has 1 heterocycles. The zero-order valence-corrected chi connectivity index (χ0v) is 11.3. The standard InChI is InChI=1S/C11H16BrN3O2/c1-17-9-8(12)6-13-10(15-9)14-7-11(16)4-2-3-5-11/h6,16H,2-5,7H2,1H3,(H,13,14,15). The molecule has 1 saturated carbocycles. The van der Waals surface area contributed by atoms with Crippen LogP contribution in [0.3, 0.4) is 0 Å². The number of halogens is 1. The number of ether oxygens (including phenoxy) is 1. The van der Waals surface area contributed by atoms with Crippen LogP contribution in [0.15, 0.2) is 10.7 Å². The Morgan fingerprint density at radius 2 is 2.24 bits per heavy atom. The van der Waals surface area contributed by atoms with Crippen LogP contribution in [0.25, 0.3) is 0 Å². The number of hydrogen-bond donors (Lipinski definition) is 2. The van der Waals surface area contributed by atoms with Crippen LogP contribution in [-0.4, -0.2) is 34.3 Å². The molecular formula is C11H16BrN3O2. The summed E-state index contributed by atoms with van der Waals surface area (Å²) in [7, 11) is 1.56. The van der Waals surface area contributed by atoms with E-state index in [9.17, 15) is 5.11 Å². The molecule has 5 nitrogen and oxygen atoms in total. The number of hydrogen-bond acceptors (Lipinski definition) is 5. The van der Waals surface area contributed by atoms with Crippen LogP contribution in [0.5, 0.6) is 5.88 Å². The summed E-state index contributed by atoms with van der Waals surface area (Å²) in [5, 5.41) is 13.2. The fourth-order valence-corrected chi connectivity index (χ4v) is 2.39. The van der Waals surface area contributed by atoms with Crippen LogP contribution in [0.2, 0.25) is 0 Å². The van der Waals surface area contributed by atoms with Gasteiger partial charge in [0.1, 0.15) is 0 Å². The lowest BCUT2D eigenvalue weighted by atomic mass is 10.0. The van der Waals surface area contributed by atoms with Gasteiger partial charge in [-0.15, -0.1) is 0 Å². The van der Waals surface area contributed by atoms with Gasteiger partial charge < -0.3 is 15.2 Å². The predicted molar refractivity (Wildman–Crippen MR) is 68.2 cm³/mol. The van der Waals surface area contributed by atoms with Crippen molar-refractivity contribution in [3.8, 4) is 5.88 Å². The van der Waals surface area contributed by atoms with Crippen molar-refractivity contribution in [1.82, 2.24) is 9.97 Å². The molecule has 2 N–H and O–H groups in total. The molecule has 1 aromatic heterocycles. The highest BCUT2D eigenvalue weighted by Gasteiger charge is 2.30. The van der Waals surface area contributed by atoms with Crippen LogP contribution in [-0.2, 0) is 0 Å². The summed E-state index contributed by atoms with van der Waals surface area (Å²) in [6, 6.07) is 0.